The fourth-order valence-corrected chi connectivity index (χ4v) is 2.81. The maximum Gasteiger partial charge on any atom is 0.227 e. The average Bonchev–Trinajstić information content (AvgIpc) is 2.95. The maximum atomic E-state index is 13.0. The van der Waals surface area contributed by atoms with Crippen molar-refractivity contribution >= 4 is 18.3 Å². The predicted octanol–water partition coefficient (Wildman–Crippen LogP) is 1.70. The first-order valence-electron chi connectivity index (χ1n) is 7.37. The number of carbonyl (C=O) groups is 1. The van der Waals surface area contributed by atoms with E-state index < -0.39 is 0 Å². The Balaban J connectivity index is 0.00000192. The van der Waals surface area contributed by atoms with Crippen LogP contribution in [-0.4, -0.2) is 40.0 Å². The highest BCUT2D eigenvalue weighted by atomic mass is 35.5. The van der Waals surface area contributed by atoms with Crippen molar-refractivity contribution in [1.82, 2.24) is 19.8 Å². The maximum absolute atomic E-state index is 13.0. The lowest BCUT2D eigenvalue weighted by Crippen LogP contribution is -2.49. The molecule has 2 aromatic rings. The Morgan fingerprint density at radius 2 is 2.13 bits per heavy atom. The third kappa shape index (κ3) is 3.89. The molecule has 1 fully saturated rings. The largest absolute Gasteiger partial charge is 0.336 e. The zero-order valence-corrected chi connectivity index (χ0v) is 13.7. The molecule has 0 spiro atoms. The van der Waals surface area contributed by atoms with Gasteiger partial charge in [-0.05, 0) is 17.7 Å². The summed E-state index contributed by atoms with van der Waals surface area (Å²) >= 11 is 0. The Hall–Kier alpha value is -1.92. The van der Waals surface area contributed by atoms with Crippen LogP contribution in [-0.2, 0) is 18.3 Å². The SMILES string of the molecule is Cl.Cn1ccnc1C1CNCCN1C(=O)Cc1ccc(F)cc1. The van der Waals surface area contributed by atoms with E-state index in [1.807, 2.05) is 22.7 Å². The van der Waals surface area contributed by atoms with E-state index in [2.05, 4.69) is 10.3 Å². The van der Waals surface area contributed by atoms with Gasteiger partial charge in [-0.25, -0.2) is 9.37 Å². The van der Waals surface area contributed by atoms with Gasteiger partial charge < -0.3 is 14.8 Å². The smallest absolute Gasteiger partial charge is 0.227 e. The van der Waals surface area contributed by atoms with Crippen LogP contribution in [0.3, 0.4) is 0 Å². The highest BCUT2D eigenvalue weighted by Crippen LogP contribution is 2.21. The van der Waals surface area contributed by atoms with Gasteiger partial charge in [-0.1, -0.05) is 12.1 Å². The number of hydrogen-bond acceptors (Lipinski definition) is 3. The molecule has 2 heterocycles. The monoisotopic (exact) mass is 338 g/mol. The third-order valence-electron chi connectivity index (χ3n) is 3.99. The second-order valence-corrected chi connectivity index (χ2v) is 5.51. The molecule has 1 aliphatic rings. The van der Waals surface area contributed by atoms with Crippen molar-refractivity contribution in [2.45, 2.75) is 12.5 Å². The average molecular weight is 339 g/mol. The first kappa shape index (κ1) is 17.4. The van der Waals surface area contributed by atoms with Gasteiger partial charge in [0, 0.05) is 39.1 Å². The molecule has 1 unspecified atom stereocenters. The van der Waals surface area contributed by atoms with Crippen molar-refractivity contribution in [2.24, 2.45) is 7.05 Å². The van der Waals surface area contributed by atoms with Gasteiger partial charge in [-0.2, -0.15) is 0 Å². The third-order valence-corrected chi connectivity index (χ3v) is 3.99. The van der Waals surface area contributed by atoms with Gasteiger partial charge in [0.05, 0.1) is 6.42 Å². The molecule has 3 rings (SSSR count). The Morgan fingerprint density at radius 3 is 2.78 bits per heavy atom. The lowest BCUT2D eigenvalue weighted by molar-refractivity contribution is -0.134. The van der Waals surface area contributed by atoms with Crippen molar-refractivity contribution in [3.63, 3.8) is 0 Å². The molecular formula is C16H20ClFN4O. The van der Waals surface area contributed by atoms with Crippen LogP contribution in [0.4, 0.5) is 4.39 Å². The van der Waals surface area contributed by atoms with Gasteiger partial charge in [-0.15, -0.1) is 12.4 Å². The van der Waals surface area contributed by atoms with Crippen LogP contribution in [0.2, 0.25) is 0 Å². The van der Waals surface area contributed by atoms with Crippen LogP contribution in [0.1, 0.15) is 17.4 Å². The van der Waals surface area contributed by atoms with Crippen LogP contribution >= 0.6 is 12.4 Å². The Bertz CT molecular complexity index is 658. The van der Waals surface area contributed by atoms with Crippen molar-refractivity contribution in [1.29, 1.82) is 0 Å². The van der Waals surface area contributed by atoms with E-state index in [9.17, 15) is 9.18 Å². The summed E-state index contributed by atoms with van der Waals surface area (Å²) in [6.45, 7) is 2.12. The van der Waals surface area contributed by atoms with Gasteiger partial charge in [0.1, 0.15) is 17.7 Å². The van der Waals surface area contributed by atoms with Crippen LogP contribution in [0, 0.1) is 5.82 Å². The quantitative estimate of drug-likeness (QED) is 0.926. The molecule has 23 heavy (non-hydrogen) atoms. The highest BCUT2D eigenvalue weighted by molar-refractivity contribution is 5.85. The summed E-state index contributed by atoms with van der Waals surface area (Å²) in [6.07, 6.45) is 3.90. The molecule has 1 saturated heterocycles. The number of carbonyl (C=O) groups excluding carboxylic acids is 1. The first-order valence-corrected chi connectivity index (χ1v) is 7.37. The standard InChI is InChI=1S/C16H19FN4O.ClH/c1-20-8-7-19-16(20)14-11-18-6-9-21(14)15(22)10-12-2-4-13(17)5-3-12;/h2-5,7-8,14,18H,6,9-11H2,1H3;1H. The van der Waals surface area contributed by atoms with E-state index in [-0.39, 0.29) is 36.6 Å². The number of imidazole rings is 1. The van der Waals surface area contributed by atoms with Gasteiger partial charge in [-0.3, -0.25) is 4.79 Å². The number of rotatable bonds is 3. The lowest BCUT2D eigenvalue weighted by Gasteiger charge is -2.35. The molecule has 0 aliphatic carbocycles. The van der Waals surface area contributed by atoms with Crippen molar-refractivity contribution in [2.75, 3.05) is 19.6 Å². The van der Waals surface area contributed by atoms with E-state index >= 15 is 0 Å². The van der Waals surface area contributed by atoms with E-state index in [0.29, 0.717) is 13.1 Å². The number of aryl methyl sites for hydroxylation is 1. The molecule has 0 bridgehead atoms. The second-order valence-electron chi connectivity index (χ2n) is 5.51. The number of halogens is 2. The molecule has 1 atom stereocenters. The molecule has 1 amide bonds. The topological polar surface area (TPSA) is 50.2 Å². The molecule has 0 radical (unpaired) electrons. The number of nitrogens with one attached hydrogen (secondary N) is 1. The Morgan fingerprint density at radius 1 is 1.39 bits per heavy atom. The van der Waals surface area contributed by atoms with E-state index in [1.54, 1.807) is 18.3 Å². The van der Waals surface area contributed by atoms with Gasteiger partial charge in [0.25, 0.3) is 0 Å². The van der Waals surface area contributed by atoms with Gasteiger partial charge in [0.15, 0.2) is 0 Å². The molecule has 1 aromatic heterocycles. The summed E-state index contributed by atoms with van der Waals surface area (Å²) in [6, 6.07) is 6.02. The predicted molar refractivity (Wildman–Crippen MR) is 87.9 cm³/mol. The number of aromatic nitrogens is 2. The summed E-state index contributed by atoms with van der Waals surface area (Å²) in [4.78, 5) is 18.9. The fraction of sp³-hybridized carbons (Fsp3) is 0.375. The second kappa shape index (κ2) is 7.57. The summed E-state index contributed by atoms with van der Waals surface area (Å²) < 4.78 is 14.9. The molecule has 1 aliphatic heterocycles. The van der Waals surface area contributed by atoms with E-state index in [4.69, 9.17) is 0 Å². The normalized spacial score (nSPS) is 17.7. The fourth-order valence-electron chi connectivity index (χ4n) is 2.81. The van der Waals surface area contributed by atoms with Crippen molar-refractivity contribution in [3.8, 4) is 0 Å². The summed E-state index contributed by atoms with van der Waals surface area (Å²) in [5.74, 6) is 0.630. The Kier molecular flexibility index (Phi) is 5.74. The number of amides is 1. The van der Waals surface area contributed by atoms with Crippen LogP contribution in [0.25, 0.3) is 0 Å². The summed E-state index contributed by atoms with van der Waals surface area (Å²) in [7, 11) is 1.93. The van der Waals surface area contributed by atoms with E-state index in [1.165, 1.54) is 12.1 Å². The molecule has 1 N–H and O–H groups in total. The van der Waals surface area contributed by atoms with Crippen LogP contribution in [0.15, 0.2) is 36.7 Å². The molecule has 124 valence electrons. The minimum Gasteiger partial charge on any atom is -0.336 e. The lowest BCUT2D eigenvalue weighted by atomic mass is 10.1. The van der Waals surface area contributed by atoms with E-state index in [0.717, 1.165) is 17.9 Å². The molecule has 5 nitrogen and oxygen atoms in total. The summed E-state index contributed by atoms with van der Waals surface area (Å²) in [5, 5.41) is 3.31. The molecule has 7 heteroatoms. The number of benzene rings is 1. The number of hydrogen-bond donors (Lipinski definition) is 1. The Labute approximate surface area is 140 Å². The summed E-state index contributed by atoms with van der Waals surface area (Å²) in [5.41, 5.74) is 0.823. The minimum atomic E-state index is -0.288. The van der Waals surface area contributed by atoms with Crippen LogP contribution < -0.4 is 5.32 Å². The zero-order chi connectivity index (χ0) is 15.5. The minimum absolute atomic E-state index is 0. The van der Waals surface area contributed by atoms with Crippen molar-refractivity contribution < 1.29 is 9.18 Å². The van der Waals surface area contributed by atoms with Gasteiger partial charge in [0.2, 0.25) is 5.91 Å². The van der Waals surface area contributed by atoms with Gasteiger partial charge >= 0.3 is 0 Å². The number of piperazine rings is 1. The highest BCUT2D eigenvalue weighted by Gasteiger charge is 2.30. The molecular weight excluding hydrogens is 319 g/mol. The zero-order valence-electron chi connectivity index (χ0n) is 12.9. The number of nitrogens with zero attached hydrogens (tertiary/aromatic N) is 3. The molecule has 1 aromatic carbocycles. The first-order chi connectivity index (χ1) is 10.6. The molecule has 0 saturated carbocycles. The van der Waals surface area contributed by atoms with Crippen molar-refractivity contribution in [3.05, 3.63) is 53.9 Å². The van der Waals surface area contributed by atoms with Crippen LogP contribution in [0.5, 0.6) is 0 Å².